The van der Waals surface area contributed by atoms with E-state index in [0.717, 1.165) is 96.2 Å². The summed E-state index contributed by atoms with van der Waals surface area (Å²) in [4.78, 5) is 61.9. The van der Waals surface area contributed by atoms with E-state index in [9.17, 15) is 19.2 Å². The highest BCUT2D eigenvalue weighted by Gasteiger charge is 2.43. The molecule has 56 heavy (non-hydrogen) atoms. The maximum absolute atomic E-state index is 14.3. The molecule has 0 spiro atoms. The Balaban J connectivity index is 1.13. The molecule has 2 aromatic heterocycles. The summed E-state index contributed by atoms with van der Waals surface area (Å²) < 4.78 is 0. The average Bonchev–Trinajstić information content (AvgIpc) is 3.95. The first kappa shape index (κ1) is 38.1. The third kappa shape index (κ3) is 7.08. The van der Waals surface area contributed by atoms with Crippen LogP contribution in [0.5, 0.6) is 0 Å². The second kappa shape index (κ2) is 16.0. The van der Waals surface area contributed by atoms with Crippen molar-refractivity contribution in [3.8, 4) is 11.4 Å². The zero-order chi connectivity index (χ0) is 39.1. The van der Waals surface area contributed by atoms with Gasteiger partial charge in [-0.05, 0) is 103 Å². The molecule has 4 aromatic rings. The van der Waals surface area contributed by atoms with Crippen molar-refractivity contribution in [2.45, 2.75) is 101 Å². The lowest BCUT2D eigenvalue weighted by molar-refractivity contribution is -0.149. The number of benzene rings is 2. The number of hydrogen-bond donors (Lipinski definition) is 6. The molecule has 8 rings (SSSR count). The first-order valence-corrected chi connectivity index (χ1v) is 20.5. The predicted octanol–water partition coefficient (Wildman–Crippen LogP) is 2.81. The molecule has 0 unspecified atom stereocenters. The summed E-state index contributed by atoms with van der Waals surface area (Å²) in [7, 11) is 3.49. The maximum Gasteiger partial charge on any atom is 0.259 e. The van der Waals surface area contributed by atoms with E-state index in [1.165, 1.54) is 0 Å². The smallest absolute Gasteiger partial charge is 0.259 e. The van der Waals surface area contributed by atoms with E-state index in [0.29, 0.717) is 25.7 Å². The maximum atomic E-state index is 14.3. The molecule has 4 saturated heterocycles. The van der Waals surface area contributed by atoms with Gasteiger partial charge in [0.05, 0.1) is 35.6 Å². The molecule has 14 heteroatoms. The molecule has 6 N–H and O–H groups in total. The predicted molar refractivity (Wildman–Crippen MR) is 216 cm³/mol. The van der Waals surface area contributed by atoms with Crippen molar-refractivity contribution in [3.63, 3.8) is 0 Å². The lowest BCUT2D eigenvalue weighted by atomic mass is 9.95. The number of H-pyrrole nitrogens is 2. The summed E-state index contributed by atoms with van der Waals surface area (Å²) in [6, 6.07) is 14.6. The van der Waals surface area contributed by atoms with Crippen molar-refractivity contribution in [2.24, 2.45) is 0 Å². The molecule has 4 aliphatic rings. The van der Waals surface area contributed by atoms with Crippen LogP contribution in [0.4, 0.5) is 0 Å². The van der Waals surface area contributed by atoms with Crippen molar-refractivity contribution < 1.29 is 19.2 Å². The van der Waals surface area contributed by atoms with Gasteiger partial charge in [-0.25, -0.2) is 10.0 Å². The van der Waals surface area contributed by atoms with E-state index in [1.807, 2.05) is 22.2 Å². The molecule has 0 radical (unpaired) electrons. The monoisotopic (exact) mass is 764 g/mol. The van der Waals surface area contributed by atoms with Crippen LogP contribution in [-0.2, 0) is 32.0 Å². The van der Waals surface area contributed by atoms with Crippen LogP contribution in [0.15, 0.2) is 48.5 Å². The minimum atomic E-state index is -0.570. The third-order valence-electron chi connectivity index (χ3n) is 12.7. The first-order chi connectivity index (χ1) is 27.2. The van der Waals surface area contributed by atoms with Crippen molar-refractivity contribution in [1.82, 2.24) is 51.3 Å². The fourth-order valence-corrected chi connectivity index (χ4v) is 9.34. The van der Waals surface area contributed by atoms with Crippen LogP contribution >= 0.6 is 0 Å². The zero-order valence-corrected chi connectivity index (χ0v) is 33.0. The Kier molecular flexibility index (Phi) is 10.9. The number of hydrogen-bond acceptors (Lipinski definition) is 8. The Morgan fingerprint density at radius 2 is 1.05 bits per heavy atom. The normalized spacial score (nSPS) is 24.6. The molecule has 14 nitrogen and oxygen atoms in total. The van der Waals surface area contributed by atoms with Gasteiger partial charge in [0.15, 0.2) is 0 Å². The Morgan fingerprint density at radius 3 is 1.46 bits per heavy atom. The summed E-state index contributed by atoms with van der Waals surface area (Å²) in [5.41, 5.74) is 6.32. The molecule has 0 saturated carbocycles. The van der Waals surface area contributed by atoms with Gasteiger partial charge in [-0.3, -0.25) is 29.2 Å². The minimum absolute atomic E-state index is 0.0443. The van der Waals surface area contributed by atoms with Gasteiger partial charge in [0.1, 0.15) is 12.1 Å². The molecular formula is C42H56N10O4. The van der Waals surface area contributed by atoms with Gasteiger partial charge < -0.3 is 31.2 Å². The fraction of sp³-hybridized carbons (Fsp3) is 0.524. The summed E-state index contributed by atoms with van der Waals surface area (Å²) in [5.74, 6) is -0.429. The summed E-state index contributed by atoms with van der Waals surface area (Å²) in [5, 5.41) is 22.5. The second-order valence-corrected chi connectivity index (χ2v) is 16.0. The third-order valence-corrected chi connectivity index (χ3v) is 12.7. The molecule has 298 valence electrons. The van der Waals surface area contributed by atoms with E-state index in [1.54, 1.807) is 27.9 Å². The van der Waals surface area contributed by atoms with Gasteiger partial charge in [0, 0.05) is 48.0 Å². The highest BCUT2D eigenvalue weighted by molar-refractivity contribution is 5.97. The fourth-order valence-electron chi connectivity index (χ4n) is 9.34. The van der Waals surface area contributed by atoms with E-state index < -0.39 is 24.2 Å². The number of likely N-dealkylation sites (N-methyl/N-ethyl adjacent to an activating group) is 2. The minimum Gasteiger partial charge on any atom is -0.353 e. The molecule has 6 heterocycles. The number of para-hydroxylation sites is 2. The first-order valence-electron chi connectivity index (χ1n) is 20.5. The lowest BCUT2D eigenvalue weighted by Crippen LogP contribution is -2.55. The van der Waals surface area contributed by atoms with Crippen molar-refractivity contribution in [1.29, 1.82) is 0 Å². The van der Waals surface area contributed by atoms with Gasteiger partial charge in [-0.15, -0.1) is 0 Å². The average molecular weight is 765 g/mol. The van der Waals surface area contributed by atoms with Crippen molar-refractivity contribution in [3.05, 3.63) is 59.7 Å². The topological polar surface area (TPSA) is 161 Å². The van der Waals surface area contributed by atoms with E-state index in [2.05, 4.69) is 77.7 Å². The summed E-state index contributed by atoms with van der Waals surface area (Å²) >= 11 is 0. The second-order valence-electron chi connectivity index (χ2n) is 16.0. The largest absolute Gasteiger partial charge is 0.353 e. The number of nitrogens with zero attached hydrogens (tertiary/aromatic N) is 4. The number of aromatic amines is 2. The molecule has 0 aliphatic carbocycles. The number of nitrogens with one attached hydrogen (secondary N) is 6. The van der Waals surface area contributed by atoms with Crippen molar-refractivity contribution in [2.75, 3.05) is 40.3 Å². The summed E-state index contributed by atoms with van der Waals surface area (Å²) in [6.07, 6.45) is 5.80. The van der Waals surface area contributed by atoms with E-state index in [-0.39, 0.29) is 35.7 Å². The summed E-state index contributed by atoms with van der Waals surface area (Å²) in [6.45, 7) is 6.73. The SMILES string of the molecule is CN[C@@H](C)C(=O)N[C@H]1CCCN2CC[C@@H](Cc3c(-c4[nH]c5ccccc5c4C[C@@H]4CCN5CCC[C@H](NC(=O)[C@H](C)NC)C(=O)N45)[nH]c4ccccc34)N2C1=O. The van der Waals surface area contributed by atoms with Gasteiger partial charge >= 0.3 is 0 Å². The van der Waals surface area contributed by atoms with Crippen molar-refractivity contribution >= 4 is 45.4 Å². The number of amides is 4. The van der Waals surface area contributed by atoms with Gasteiger partial charge in [0.25, 0.3) is 11.8 Å². The zero-order valence-electron chi connectivity index (χ0n) is 33.0. The Labute approximate surface area is 328 Å². The van der Waals surface area contributed by atoms with Crippen LogP contribution in [0.1, 0.15) is 63.5 Å². The number of rotatable bonds is 11. The Hall–Kier alpha value is -4.76. The van der Waals surface area contributed by atoms with Crippen LogP contribution in [0, 0.1) is 0 Å². The van der Waals surface area contributed by atoms with E-state index >= 15 is 0 Å². The van der Waals surface area contributed by atoms with Crippen LogP contribution in [-0.4, -0.2) is 130 Å². The molecule has 2 aromatic carbocycles. The number of hydrazine groups is 2. The highest BCUT2D eigenvalue weighted by Crippen LogP contribution is 2.40. The Morgan fingerprint density at radius 1 is 0.643 bits per heavy atom. The number of fused-ring (bicyclic) bond motifs is 4. The van der Waals surface area contributed by atoms with E-state index in [4.69, 9.17) is 0 Å². The molecular weight excluding hydrogens is 709 g/mol. The van der Waals surface area contributed by atoms with Crippen LogP contribution in [0.25, 0.3) is 33.2 Å². The van der Waals surface area contributed by atoms with Crippen LogP contribution < -0.4 is 21.3 Å². The molecule has 4 fully saturated rings. The number of carbonyl (C=O) groups is 4. The van der Waals surface area contributed by atoms with Gasteiger partial charge in [-0.2, -0.15) is 0 Å². The standard InChI is InChI=1S/C42H56N10O4/c1-25(43-3)39(53)47-35-15-9-19-49-21-17-27(51(49)41(35)55)23-31-29-11-5-7-13-33(29)45-37(31)38-32(30-12-6-8-14-34(30)46-38)24-28-18-22-50-20-10-16-36(42(56)52(28)50)48-40(54)26(2)44-4/h5-8,11-14,25-28,35-36,43-46H,9-10,15-24H2,1-4H3,(H,47,53)(H,48,54)/t25-,26-,27-,28-,35-,36-/m0/s1. The molecule has 4 amide bonds. The number of aromatic nitrogens is 2. The number of carbonyl (C=O) groups excluding carboxylic acids is 4. The Bertz CT molecular complexity index is 1960. The van der Waals surface area contributed by atoms with Gasteiger partial charge in [0.2, 0.25) is 11.8 Å². The molecule has 4 aliphatic heterocycles. The van der Waals surface area contributed by atoms with Gasteiger partial charge in [-0.1, -0.05) is 36.4 Å². The van der Waals surface area contributed by atoms with Crippen LogP contribution in [0.3, 0.4) is 0 Å². The highest BCUT2D eigenvalue weighted by atomic mass is 16.2. The lowest BCUT2D eigenvalue weighted by Gasteiger charge is -2.33. The molecule has 6 atom stereocenters. The van der Waals surface area contributed by atoms with Crippen LogP contribution in [0.2, 0.25) is 0 Å². The molecule has 0 bridgehead atoms. The quantitative estimate of drug-likeness (QED) is 0.136.